The summed E-state index contributed by atoms with van der Waals surface area (Å²) in [5.41, 5.74) is 2.12. The van der Waals surface area contributed by atoms with Gasteiger partial charge in [-0.25, -0.2) is 0 Å². The molecule has 0 saturated carbocycles. The van der Waals surface area contributed by atoms with E-state index in [9.17, 15) is 4.79 Å². The average molecular weight is 300 g/mol. The van der Waals surface area contributed by atoms with Crippen molar-refractivity contribution >= 4 is 12.2 Å². The van der Waals surface area contributed by atoms with Crippen LogP contribution in [0.5, 0.6) is 11.5 Å². The van der Waals surface area contributed by atoms with Gasteiger partial charge in [-0.2, -0.15) is 0 Å². The van der Waals surface area contributed by atoms with E-state index in [-0.39, 0.29) is 5.97 Å². The predicted octanol–water partition coefficient (Wildman–Crippen LogP) is 2.85. The van der Waals surface area contributed by atoms with Gasteiger partial charge in [0.2, 0.25) is 0 Å². The second-order valence-corrected chi connectivity index (χ2v) is 4.88. The molecule has 1 heterocycles. The van der Waals surface area contributed by atoms with Gasteiger partial charge in [0.1, 0.15) is 0 Å². The molecule has 5 nitrogen and oxygen atoms in total. The molecule has 116 valence electrons. The Balaban J connectivity index is 1.98. The molecule has 0 radical (unpaired) electrons. The number of rotatable bonds is 6. The van der Waals surface area contributed by atoms with Crippen molar-refractivity contribution in [3.05, 3.63) is 47.8 Å². The van der Waals surface area contributed by atoms with Gasteiger partial charge in [0.25, 0.3) is 0 Å². The summed E-state index contributed by atoms with van der Waals surface area (Å²) in [5, 5.41) is 0. The summed E-state index contributed by atoms with van der Waals surface area (Å²) in [7, 11) is 1.54. The normalized spacial score (nSPS) is 10.9. The van der Waals surface area contributed by atoms with Crippen molar-refractivity contribution in [3.63, 3.8) is 0 Å². The third-order valence-electron chi connectivity index (χ3n) is 3.21. The molecule has 0 fully saturated rings. The van der Waals surface area contributed by atoms with E-state index in [4.69, 9.17) is 9.47 Å². The smallest absolute Gasteiger partial charge is 0.308 e. The third-order valence-corrected chi connectivity index (χ3v) is 3.21. The molecule has 0 unspecified atom stereocenters. The first-order chi connectivity index (χ1) is 10.6. The quantitative estimate of drug-likeness (QED) is 0.468. The maximum atomic E-state index is 11.0. The molecule has 0 aliphatic rings. The Hall–Kier alpha value is -2.56. The van der Waals surface area contributed by atoms with E-state index in [0.29, 0.717) is 18.0 Å². The van der Waals surface area contributed by atoms with Crippen LogP contribution in [0.4, 0.5) is 0 Å². The average Bonchev–Trinajstić information content (AvgIpc) is 2.89. The number of benzene rings is 1. The van der Waals surface area contributed by atoms with E-state index >= 15 is 0 Å². The maximum absolute atomic E-state index is 11.0. The predicted molar refractivity (Wildman–Crippen MR) is 85.9 cm³/mol. The second kappa shape index (κ2) is 7.45. The first-order valence-corrected chi connectivity index (χ1v) is 7.08. The van der Waals surface area contributed by atoms with Crippen molar-refractivity contribution < 1.29 is 14.3 Å². The van der Waals surface area contributed by atoms with Crippen LogP contribution in [-0.4, -0.2) is 30.4 Å². The zero-order valence-corrected chi connectivity index (χ0v) is 13.1. The summed E-state index contributed by atoms with van der Waals surface area (Å²) in [6.45, 7) is 4.97. The van der Waals surface area contributed by atoms with Crippen LogP contribution in [0.3, 0.4) is 0 Å². The number of aryl methyl sites for hydroxylation is 1. The number of carbonyl (C=O) groups excluding carboxylic acids is 1. The van der Waals surface area contributed by atoms with Crippen molar-refractivity contribution in [2.24, 2.45) is 4.99 Å². The first kappa shape index (κ1) is 15.8. The van der Waals surface area contributed by atoms with Crippen molar-refractivity contribution in [2.75, 3.05) is 13.7 Å². The Morgan fingerprint density at radius 2 is 2.14 bits per heavy atom. The topological polar surface area (TPSA) is 52.8 Å². The molecule has 1 aromatic carbocycles. The lowest BCUT2D eigenvalue weighted by Crippen LogP contribution is -2.03. The molecule has 1 aromatic heterocycles. The van der Waals surface area contributed by atoms with Crippen LogP contribution < -0.4 is 9.47 Å². The summed E-state index contributed by atoms with van der Waals surface area (Å²) in [6, 6.07) is 9.44. The van der Waals surface area contributed by atoms with Crippen LogP contribution in [0.2, 0.25) is 0 Å². The standard InChI is InChI=1S/C17H20N2O3/c1-13-5-4-9-19(13)10-8-18-12-15-6-7-16(22-14(2)20)17(11-15)21-3/h4-7,9,11-12H,8,10H2,1-3H3. The van der Waals surface area contributed by atoms with Gasteiger partial charge >= 0.3 is 5.97 Å². The minimum Gasteiger partial charge on any atom is -0.493 e. The number of methoxy groups -OCH3 is 1. The molecule has 0 aliphatic carbocycles. The fraction of sp³-hybridized carbons (Fsp3) is 0.294. The van der Waals surface area contributed by atoms with Gasteiger partial charge in [0.15, 0.2) is 11.5 Å². The second-order valence-electron chi connectivity index (χ2n) is 4.88. The molecule has 0 spiro atoms. The largest absolute Gasteiger partial charge is 0.493 e. The van der Waals surface area contributed by atoms with Crippen LogP contribution in [0.15, 0.2) is 41.5 Å². The minimum atomic E-state index is -0.373. The molecule has 0 saturated heterocycles. The molecule has 2 aromatic rings. The maximum Gasteiger partial charge on any atom is 0.308 e. The van der Waals surface area contributed by atoms with Crippen molar-refractivity contribution in [2.45, 2.75) is 20.4 Å². The van der Waals surface area contributed by atoms with E-state index in [1.165, 1.54) is 19.7 Å². The Labute approximate surface area is 130 Å². The number of ether oxygens (including phenoxy) is 2. The number of aromatic nitrogens is 1. The monoisotopic (exact) mass is 300 g/mol. The van der Waals surface area contributed by atoms with Gasteiger partial charge in [0, 0.05) is 31.6 Å². The number of nitrogens with zero attached hydrogens (tertiary/aromatic N) is 2. The Morgan fingerprint density at radius 3 is 2.77 bits per heavy atom. The number of carbonyl (C=O) groups is 1. The molecule has 0 aliphatic heterocycles. The van der Waals surface area contributed by atoms with Crippen molar-refractivity contribution in [3.8, 4) is 11.5 Å². The highest BCUT2D eigenvalue weighted by atomic mass is 16.6. The van der Waals surface area contributed by atoms with Gasteiger partial charge in [-0.15, -0.1) is 0 Å². The van der Waals surface area contributed by atoms with E-state index < -0.39 is 0 Å². The highest BCUT2D eigenvalue weighted by Gasteiger charge is 2.07. The van der Waals surface area contributed by atoms with E-state index in [1.807, 2.05) is 18.3 Å². The lowest BCUT2D eigenvalue weighted by molar-refractivity contribution is -0.132. The Morgan fingerprint density at radius 1 is 1.32 bits per heavy atom. The Kier molecular flexibility index (Phi) is 5.36. The molecular weight excluding hydrogens is 280 g/mol. The van der Waals surface area contributed by atoms with E-state index in [0.717, 1.165) is 12.1 Å². The van der Waals surface area contributed by atoms with Crippen molar-refractivity contribution in [1.82, 2.24) is 4.57 Å². The van der Waals surface area contributed by atoms with Crippen LogP contribution >= 0.6 is 0 Å². The van der Waals surface area contributed by atoms with Crippen molar-refractivity contribution in [1.29, 1.82) is 0 Å². The third kappa shape index (κ3) is 4.22. The molecule has 0 amide bonds. The number of hydrogen-bond donors (Lipinski definition) is 0. The van der Waals surface area contributed by atoms with E-state index in [2.05, 4.69) is 22.5 Å². The molecule has 0 bridgehead atoms. The van der Waals surface area contributed by atoms with Crippen LogP contribution in [0, 0.1) is 6.92 Å². The number of hydrogen-bond acceptors (Lipinski definition) is 4. The summed E-state index contributed by atoms with van der Waals surface area (Å²) in [6.07, 6.45) is 3.83. The molecule has 2 rings (SSSR count). The molecular formula is C17H20N2O3. The first-order valence-electron chi connectivity index (χ1n) is 7.08. The highest BCUT2D eigenvalue weighted by Crippen LogP contribution is 2.27. The minimum absolute atomic E-state index is 0.373. The van der Waals surface area contributed by atoms with Crippen LogP contribution in [-0.2, 0) is 11.3 Å². The highest BCUT2D eigenvalue weighted by molar-refractivity contribution is 5.81. The molecule has 22 heavy (non-hydrogen) atoms. The summed E-state index contributed by atoms with van der Waals surface area (Å²) in [4.78, 5) is 15.4. The van der Waals surface area contributed by atoms with E-state index in [1.54, 1.807) is 18.3 Å². The zero-order chi connectivity index (χ0) is 15.9. The van der Waals surface area contributed by atoms with Gasteiger partial charge in [-0.1, -0.05) is 0 Å². The summed E-state index contributed by atoms with van der Waals surface area (Å²) in [5.74, 6) is 0.553. The van der Waals surface area contributed by atoms with Gasteiger partial charge in [0.05, 0.1) is 13.7 Å². The molecule has 0 atom stereocenters. The van der Waals surface area contributed by atoms with Gasteiger partial charge in [-0.3, -0.25) is 9.79 Å². The van der Waals surface area contributed by atoms with Gasteiger partial charge < -0.3 is 14.0 Å². The number of esters is 1. The fourth-order valence-electron chi connectivity index (χ4n) is 2.09. The SMILES string of the molecule is COc1cc(C=NCCn2cccc2C)ccc1OC(C)=O. The number of aliphatic imine (C=N–C) groups is 1. The lowest BCUT2D eigenvalue weighted by Gasteiger charge is -2.08. The Bertz CT molecular complexity index is 674. The lowest BCUT2D eigenvalue weighted by atomic mass is 10.2. The molecule has 5 heteroatoms. The summed E-state index contributed by atoms with van der Waals surface area (Å²) < 4.78 is 12.4. The summed E-state index contributed by atoms with van der Waals surface area (Å²) >= 11 is 0. The van der Waals surface area contributed by atoms with Crippen LogP contribution in [0.1, 0.15) is 18.2 Å². The zero-order valence-electron chi connectivity index (χ0n) is 13.1. The fourth-order valence-corrected chi connectivity index (χ4v) is 2.09. The molecule has 0 N–H and O–H groups in total. The van der Waals surface area contributed by atoms with Gasteiger partial charge in [-0.05, 0) is 42.8 Å². The van der Waals surface area contributed by atoms with Crippen LogP contribution in [0.25, 0.3) is 0 Å².